The normalized spacial score (nSPS) is 20.3. The van der Waals surface area contributed by atoms with E-state index in [1.165, 1.54) is 6.26 Å². The Hall–Kier alpha value is -3.44. The minimum atomic E-state index is -0.554. The smallest absolute Gasteiger partial charge is 0.268 e. The van der Waals surface area contributed by atoms with E-state index in [4.69, 9.17) is 25.2 Å². The van der Waals surface area contributed by atoms with Gasteiger partial charge in [0.25, 0.3) is 5.91 Å². The number of fused-ring (bicyclic) bond motifs is 1. The predicted molar refractivity (Wildman–Crippen MR) is 130 cm³/mol. The van der Waals surface area contributed by atoms with Gasteiger partial charge in [0.05, 0.1) is 23.6 Å². The van der Waals surface area contributed by atoms with Crippen molar-refractivity contribution in [1.29, 1.82) is 0 Å². The second kappa shape index (κ2) is 8.41. The number of nitrogens with two attached hydrogens (primary N) is 1. The first-order chi connectivity index (χ1) is 16.6. The number of hydrogen-bond donors (Lipinski definition) is 1. The van der Waals surface area contributed by atoms with Gasteiger partial charge in [-0.05, 0) is 31.5 Å². The average Bonchev–Trinajstić information content (AvgIpc) is 3.42. The van der Waals surface area contributed by atoms with Crippen molar-refractivity contribution in [2.45, 2.75) is 19.6 Å². The highest BCUT2D eigenvalue weighted by Gasteiger charge is 2.37. The molecule has 34 heavy (non-hydrogen) atoms. The Kier molecular flexibility index (Phi) is 5.22. The number of anilines is 3. The van der Waals surface area contributed by atoms with Gasteiger partial charge in [-0.25, -0.2) is 4.98 Å². The maximum Gasteiger partial charge on any atom is 0.268 e. The molecule has 0 radical (unpaired) electrons. The molecule has 2 saturated heterocycles. The van der Waals surface area contributed by atoms with Crippen LogP contribution in [0.1, 0.15) is 23.9 Å². The molecule has 11 heteroatoms. The molecule has 6 heterocycles. The third-order valence-electron chi connectivity index (χ3n) is 6.29. The van der Waals surface area contributed by atoms with Crippen molar-refractivity contribution in [3.63, 3.8) is 0 Å². The molecule has 0 bridgehead atoms. The summed E-state index contributed by atoms with van der Waals surface area (Å²) < 4.78 is 12.4. The second-order valence-electron chi connectivity index (χ2n) is 8.55. The Morgan fingerprint density at radius 3 is 2.68 bits per heavy atom. The van der Waals surface area contributed by atoms with Crippen molar-refractivity contribution < 1.29 is 14.3 Å². The predicted octanol–water partition coefficient (Wildman–Crippen LogP) is 2.30. The molecule has 2 N–H and O–H groups in total. The summed E-state index contributed by atoms with van der Waals surface area (Å²) in [5.74, 6) is 0.229. The van der Waals surface area contributed by atoms with E-state index in [1.54, 1.807) is 17.5 Å². The van der Waals surface area contributed by atoms with Crippen molar-refractivity contribution in [3.05, 3.63) is 47.6 Å². The van der Waals surface area contributed by atoms with E-state index in [0.29, 0.717) is 24.6 Å². The number of hydrogen-bond acceptors (Lipinski definition) is 10. The van der Waals surface area contributed by atoms with Gasteiger partial charge in [0.1, 0.15) is 12.0 Å². The van der Waals surface area contributed by atoms with Crippen LogP contribution in [0.3, 0.4) is 0 Å². The number of ether oxygens (including phenoxy) is 2. The monoisotopic (exact) mass is 479 g/mol. The summed E-state index contributed by atoms with van der Waals surface area (Å²) in [5, 5.41) is 0.933. The molecule has 3 aromatic rings. The van der Waals surface area contributed by atoms with Crippen molar-refractivity contribution in [2.24, 2.45) is 5.73 Å². The summed E-state index contributed by atoms with van der Waals surface area (Å²) in [7, 11) is 0. The lowest BCUT2D eigenvalue weighted by atomic mass is 10.1. The molecule has 0 spiro atoms. The number of amides is 1. The van der Waals surface area contributed by atoms with Gasteiger partial charge < -0.3 is 25.0 Å². The molecule has 176 valence electrons. The van der Waals surface area contributed by atoms with E-state index in [9.17, 15) is 4.79 Å². The van der Waals surface area contributed by atoms with Gasteiger partial charge in [-0.2, -0.15) is 4.98 Å². The molecule has 10 nitrogen and oxygen atoms in total. The van der Waals surface area contributed by atoms with Gasteiger partial charge in [-0.1, -0.05) is 11.3 Å². The number of morpholine rings is 1. The molecule has 3 aliphatic heterocycles. The summed E-state index contributed by atoms with van der Waals surface area (Å²) in [6, 6.07) is 5.90. The number of aromatic nitrogens is 3. The molecule has 1 atom stereocenters. The van der Waals surface area contributed by atoms with E-state index in [-0.39, 0.29) is 0 Å². The van der Waals surface area contributed by atoms with Crippen LogP contribution in [0.2, 0.25) is 0 Å². The summed E-state index contributed by atoms with van der Waals surface area (Å²) in [4.78, 5) is 32.8. The maximum atomic E-state index is 12.4. The van der Waals surface area contributed by atoms with Crippen LogP contribution >= 0.6 is 11.3 Å². The number of nitrogens with zero attached hydrogens (tertiary/aromatic N) is 6. The molecular formula is C23H25N7O3S. The Labute approximate surface area is 200 Å². The van der Waals surface area contributed by atoms with E-state index in [0.717, 1.165) is 65.2 Å². The maximum absolute atomic E-state index is 12.4. The minimum absolute atomic E-state index is 0.292. The van der Waals surface area contributed by atoms with Gasteiger partial charge in [-0.3, -0.25) is 14.7 Å². The van der Waals surface area contributed by atoms with Crippen molar-refractivity contribution in [2.75, 3.05) is 54.1 Å². The average molecular weight is 480 g/mol. The number of carbonyl (C=O) groups excluding carboxylic acids is 1. The van der Waals surface area contributed by atoms with Crippen LogP contribution in [0.4, 0.5) is 16.6 Å². The number of thiazole rings is 1. The molecule has 1 amide bonds. The third kappa shape index (κ3) is 3.61. The van der Waals surface area contributed by atoms with Crippen LogP contribution in [-0.2, 0) is 14.3 Å². The minimum Gasteiger partial charge on any atom is -0.471 e. The summed E-state index contributed by atoms with van der Waals surface area (Å²) in [6.07, 6.45) is 3.73. The van der Waals surface area contributed by atoms with Crippen LogP contribution < -0.4 is 20.4 Å². The third-order valence-corrected chi connectivity index (χ3v) is 7.34. The van der Waals surface area contributed by atoms with Crippen molar-refractivity contribution in [3.8, 4) is 0 Å². The zero-order valence-electron chi connectivity index (χ0n) is 18.8. The van der Waals surface area contributed by atoms with Crippen LogP contribution in [0.25, 0.3) is 10.3 Å². The molecule has 0 aliphatic carbocycles. The van der Waals surface area contributed by atoms with Gasteiger partial charge >= 0.3 is 0 Å². The molecule has 3 aliphatic rings. The molecule has 0 aromatic carbocycles. The van der Waals surface area contributed by atoms with Gasteiger partial charge in [0, 0.05) is 43.6 Å². The first-order valence-electron chi connectivity index (χ1n) is 11.3. The summed E-state index contributed by atoms with van der Waals surface area (Å²) in [5.41, 5.74) is 9.31. The number of primary amides is 1. The molecule has 2 fully saturated rings. The highest BCUT2D eigenvalue weighted by molar-refractivity contribution is 7.22. The highest BCUT2D eigenvalue weighted by atomic mass is 32.1. The van der Waals surface area contributed by atoms with E-state index in [1.807, 2.05) is 24.0 Å². The Morgan fingerprint density at radius 1 is 1.15 bits per heavy atom. The largest absolute Gasteiger partial charge is 0.471 e. The quantitative estimate of drug-likeness (QED) is 0.589. The number of carbonyl (C=O) groups is 1. The van der Waals surface area contributed by atoms with Gasteiger partial charge in [0.2, 0.25) is 6.23 Å². The lowest BCUT2D eigenvalue weighted by Gasteiger charge is -2.36. The van der Waals surface area contributed by atoms with Gasteiger partial charge in [-0.15, -0.1) is 0 Å². The molecule has 3 aromatic heterocycles. The molecule has 6 rings (SSSR count). The van der Waals surface area contributed by atoms with Crippen LogP contribution in [0.5, 0.6) is 0 Å². The van der Waals surface area contributed by atoms with Crippen LogP contribution in [-0.4, -0.2) is 60.3 Å². The first-order valence-corrected chi connectivity index (χ1v) is 12.2. The van der Waals surface area contributed by atoms with Crippen LogP contribution in [0, 0.1) is 6.92 Å². The standard InChI is InChI=1S/C23H25N7O3S/c1-14-11-15(3-4-25-14)22-30(17(13-33-22)19(24)31)16-12-18-20(26-21(16)28-5-2-6-28)27-23(34-18)29-7-9-32-10-8-29/h3-4,11-13,22H,2,5-10H2,1H3,(H2,24,31). The fourth-order valence-corrected chi connectivity index (χ4v) is 5.41. The number of pyridine rings is 2. The van der Waals surface area contributed by atoms with E-state index in [2.05, 4.69) is 20.9 Å². The van der Waals surface area contributed by atoms with E-state index < -0.39 is 12.1 Å². The lowest BCUT2D eigenvalue weighted by Crippen LogP contribution is -2.40. The Morgan fingerprint density at radius 2 is 1.97 bits per heavy atom. The van der Waals surface area contributed by atoms with Gasteiger partial charge in [0.15, 0.2) is 16.6 Å². The Balaban J connectivity index is 1.48. The summed E-state index contributed by atoms with van der Waals surface area (Å²) in [6.45, 7) is 6.73. The van der Waals surface area contributed by atoms with E-state index >= 15 is 0 Å². The SMILES string of the molecule is Cc1cc(C2OC=C(C(N)=O)N2c2cc3sc(N4CCOCC4)nc3nc2N2CCC2)ccn1. The lowest BCUT2D eigenvalue weighted by molar-refractivity contribution is -0.114. The Bertz CT molecular complexity index is 1280. The number of rotatable bonds is 5. The second-order valence-corrected chi connectivity index (χ2v) is 9.55. The van der Waals surface area contributed by atoms with Crippen molar-refractivity contribution in [1.82, 2.24) is 15.0 Å². The topological polar surface area (TPSA) is 110 Å². The zero-order chi connectivity index (χ0) is 23.2. The fraction of sp³-hybridized carbons (Fsp3) is 0.391. The molecule has 0 saturated carbocycles. The van der Waals surface area contributed by atoms with Crippen molar-refractivity contribution >= 4 is 44.2 Å². The zero-order valence-corrected chi connectivity index (χ0v) is 19.6. The highest BCUT2D eigenvalue weighted by Crippen LogP contribution is 2.44. The first kappa shape index (κ1) is 21.1. The summed E-state index contributed by atoms with van der Waals surface area (Å²) >= 11 is 1.60. The molecule has 1 unspecified atom stereocenters. The fourth-order valence-electron chi connectivity index (χ4n) is 4.42. The molecular weight excluding hydrogens is 454 g/mol. The number of aryl methyl sites for hydroxylation is 1. The van der Waals surface area contributed by atoms with Crippen LogP contribution in [0.15, 0.2) is 36.4 Å².